The van der Waals surface area contributed by atoms with Crippen LogP contribution >= 0.6 is 0 Å². The number of hydrogen-bond donors (Lipinski definition) is 2. The number of carbonyl (C=O) groups excluding carboxylic acids is 2. The van der Waals surface area contributed by atoms with Crippen LogP contribution in [0.1, 0.15) is 54.4 Å². The van der Waals surface area contributed by atoms with Gasteiger partial charge in [0.2, 0.25) is 0 Å². The molecule has 4 N–H and O–H groups in total. The zero-order chi connectivity index (χ0) is 16.9. The Morgan fingerprint density at radius 1 is 0.762 bits per heavy atom. The summed E-state index contributed by atoms with van der Waals surface area (Å²) in [5, 5.41) is 0. The quantitative estimate of drug-likeness (QED) is 0.567. The van der Waals surface area contributed by atoms with Crippen LogP contribution in [0.3, 0.4) is 0 Å². The highest BCUT2D eigenvalue weighted by Crippen LogP contribution is 2.33. The molecule has 0 saturated heterocycles. The highest BCUT2D eigenvalue weighted by atomic mass is 16.6. The number of esters is 2. The van der Waals surface area contributed by atoms with Crippen LogP contribution in [0, 0.1) is 5.41 Å². The van der Waals surface area contributed by atoms with Crippen LogP contribution in [-0.2, 0) is 19.1 Å². The van der Waals surface area contributed by atoms with Crippen molar-refractivity contribution in [2.45, 2.75) is 65.6 Å². The maximum Gasteiger partial charge on any atom is 0.324 e. The van der Waals surface area contributed by atoms with E-state index in [9.17, 15) is 9.59 Å². The van der Waals surface area contributed by atoms with Crippen molar-refractivity contribution < 1.29 is 19.1 Å². The van der Waals surface area contributed by atoms with Crippen molar-refractivity contribution in [3.05, 3.63) is 0 Å². The molecular weight excluding hydrogens is 272 g/mol. The smallest absolute Gasteiger partial charge is 0.324 e. The van der Waals surface area contributed by atoms with E-state index in [0.717, 1.165) is 0 Å². The second kappa shape index (κ2) is 7.22. The Morgan fingerprint density at radius 2 is 1.05 bits per heavy atom. The van der Waals surface area contributed by atoms with Gasteiger partial charge in [-0.2, -0.15) is 0 Å². The monoisotopic (exact) mass is 302 g/mol. The van der Waals surface area contributed by atoms with Crippen LogP contribution in [0.15, 0.2) is 0 Å². The van der Waals surface area contributed by atoms with Gasteiger partial charge in [0, 0.05) is 0 Å². The summed E-state index contributed by atoms with van der Waals surface area (Å²) in [5.41, 5.74) is 8.34. The Labute approximate surface area is 127 Å². The number of carbonyl (C=O) groups is 2. The third-order valence-corrected chi connectivity index (χ3v) is 2.72. The first-order valence-corrected chi connectivity index (χ1v) is 7.25. The zero-order valence-electron chi connectivity index (χ0n) is 14.1. The fourth-order valence-corrected chi connectivity index (χ4v) is 1.86. The average Bonchev–Trinajstić information content (AvgIpc) is 2.23. The molecule has 0 rings (SSSR count). The lowest BCUT2D eigenvalue weighted by atomic mass is 9.80. The lowest BCUT2D eigenvalue weighted by molar-refractivity contribution is -0.186. The molecule has 0 spiro atoms. The van der Waals surface area contributed by atoms with Gasteiger partial charge in [0.05, 0.1) is 0 Å². The van der Waals surface area contributed by atoms with E-state index >= 15 is 0 Å². The summed E-state index contributed by atoms with van der Waals surface area (Å²) in [4.78, 5) is 25.1. The molecule has 0 aliphatic carbocycles. The van der Waals surface area contributed by atoms with Gasteiger partial charge in [0.15, 0.2) is 5.41 Å². The van der Waals surface area contributed by atoms with Crippen LogP contribution in [0.4, 0.5) is 0 Å². The molecule has 0 aromatic heterocycles. The molecule has 0 heterocycles. The van der Waals surface area contributed by atoms with Crippen molar-refractivity contribution in [3.63, 3.8) is 0 Å². The highest BCUT2D eigenvalue weighted by Gasteiger charge is 2.49. The fourth-order valence-electron chi connectivity index (χ4n) is 1.86. The molecule has 6 heteroatoms. The van der Waals surface area contributed by atoms with Crippen molar-refractivity contribution in [3.8, 4) is 0 Å². The van der Waals surface area contributed by atoms with Crippen LogP contribution < -0.4 is 11.5 Å². The van der Waals surface area contributed by atoms with Crippen LogP contribution in [0.25, 0.3) is 0 Å². The van der Waals surface area contributed by atoms with Crippen molar-refractivity contribution in [2.75, 3.05) is 13.1 Å². The minimum Gasteiger partial charge on any atom is -0.459 e. The van der Waals surface area contributed by atoms with Crippen molar-refractivity contribution >= 4 is 11.9 Å². The van der Waals surface area contributed by atoms with Crippen LogP contribution in [0.2, 0.25) is 0 Å². The van der Waals surface area contributed by atoms with Gasteiger partial charge in [0.25, 0.3) is 0 Å². The van der Waals surface area contributed by atoms with Gasteiger partial charge >= 0.3 is 11.9 Å². The molecule has 0 atom stereocenters. The first-order chi connectivity index (χ1) is 9.38. The van der Waals surface area contributed by atoms with Crippen molar-refractivity contribution in [1.29, 1.82) is 0 Å². The molecule has 6 nitrogen and oxygen atoms in total. The minimum absolute atomic E-state index is 0.147. The topological polar surface area (TPSA) is 105 Å². The largest absolute Gasteiger partial charge is 0.459 e. The first-order valence-electron chi connectivity index (χ1n) is 7.25. The standard InChI is InChI=1S/C15H30N2O4/c1-13(2,3)20-11(18)15(7-9-16,8-10-17)12(19)21-14(4,5)6/h7-10,16-17H2,1-6H3. The van der Waals surface area contributed by atoms with E-state index in [4.69, 9.17) is 20.9 Å². The molecule has 0 aliphatic rings. The summed E-state index contributed by atoms with van der Waals surface area (Å²) in [7, 11) is 0. The number of ether oxygens (including phenoxy) is 2. The minimum atomic E-state index is -1.44. The van der Waals surface area contributed by atoms with E-state index in [1.807, 2.05) is 0 Å². The van der Waals surface area contributed by atoms with Crippen LogP contribution in [0.5, 0.6) is 0 Å². The van der Waals surface area contributed by atoms with Gasteiger partial charge in [-0.15, -0.1) is 0 Å². The Hall–Kier alpha value is -1.14. The lowest BCUT2D eigenvalue weighted by Gasteiger charge is -2.34. The number of hydrogen-bond acceptors (Lipinski definition) is 6. The highest BCUT2D eigenvalue weighted by molar-refractivity contribution is 6.00. The van der Waals surface area contributed by atoms with Gasteiger partial charge in [-0.25, -0.2) is 0 Å². The van der Waals surface area contributed by atoms with Crippen molar-refractivity contribution in [1.82, 2.24) is 0 Å². The second-order valence-electron chi connectivity index (χ2n) is 7.16. The second-order valence-corrected chi connectivity index (χ2v) is 7.16. The van der Waals surface area contributed by atoms with E-state index in [2.05, 4.69) is 0 Å². The number of nitrogens with two attached hydrogens (primary N) is 2. The summed E-state index contributed by atoms with van der Waals surface area (Å²) in [6.07, 6.45) is 0.294. The first kappa shape index (κ1) is 19.9. The Balaban J connectivity index is 5.52. The van der Waals surface area contributed by atoms with E-state index in [1.165, 1.54) is 0 Å². The molecule has 0 aromatic rings. The summed E-state index contributed by atoms with van der Waals surface area (Å²) in [5.74, 6) is -1.25. The van der Waals surface area contributed by atoms with Gasteiger partial charge in [0.1, 0.15) is 11.2 Å². The van der Waals surface area contributed by atoms with Crippen LogP contribution in [-0.4, -0.2) is 36.2 Å². The Morgan fingerprint density at radius 3 is 1.24 bits per heavy atom. The van der Waals surface area contributed by atoms with E-state index in [0.29, 0.717) is 0 Å². The Bertz CT molecular complexity index is 331. The molecule has 0 bridgehead atoms. The summed E-state index contributed by atoms with van der Waals surface area (Å²) in [6.45, 7) is 10.8. The fraction of sp³-hybridized carbons (Fsp3) is 0.867. The lowest BCUT2D eigenvalue weighted by Crippen LogP contribution is -2.48. The molecule has 0 unspecified atom stereocenters. The third kappa shape index (κ3) is 6.44. The SMILES string of the molecule is CC(C)(C)OC(=O)C(CCN)(CCN)C(=O)OC(C)(C)C. The van der Waals surface area contributed by atoms with E-state index in [-0.39, 0.29) is 25.9 Å². The molecule has 124 valence electrons. The molecule has 0 aromatic carbocycles. The molecule has 0 aliphatic heterocycles. The van der Waals surface area contributed by atoms with Crippen molar-refractivity contribution in [2.24, 2.45) is 16.9 Å². The van der Waals surface area contributed by atoms with Gasteiger partial charge in [-0.1, -0.05) is 0 Å². The third-order valence-electron chi connectivity index (χ3n) is 2.72. The zero-order valence-corrected chi connectivity index (χ0v) is 14.1. The summed E-state index contributed by atoms with van der Waals surface area (Å²) in [6, 6.07) is 0. The van der Waals surface area contributed by atoms with Gasteiger partial charge in [-0.3, -0.25) is 9.59 Å². The maximum absolute atomic E-state index is 12.6. The molecule has 21 heavy (non-hydrogen) atoms. The molecule has 0 fully saturated rings. The normalized spacial score (nSPS) is 13.0. The average molecular weight is 302 g/mol. The molecule has 0 amide bonds. The summed E-state index contributed by atoms with van der Waals surface area (Å²) >= 11 is 0. The Kier molecular flexibility index (Phi) is 6.83. The van der Waals surface area contributed by atoms with Gasteiger partial charge < -0.3 is 20.9 Å². The molecule has 0 radical (unpaired) electrons. The maximum atomic E-state index is 12.6. The number of rotatable bonds is 6. The summed E-state index contributed by atoms with van der Waals surface area (Å²) < 4.78 is 10.8. The molecular formula is C15H30N2O4. The predicted molar refractivity (Wildman–Crippen MR) is 81.5 cm³/mol. The van der Waals surface area contributed by atoms with E-state index in [1.54, 1.807) is 41.5 Å². The molecule has 0 saturated carbocycles. The van der Waals surface area contributed by atoms with E-state index < -0.39 is 28.6 Å². The van der Waals surface area contributed by atoms with Gasteiger partial charge in [-0.05, 0) is 67.5 Å². The predicted octanol–water partition coefficient (Wildman–Crippen LogP) is 1.35.